The monoisotopic (exact) mass is 333 g/mol. The number of carbonyl (C=O) groups excluding carboxylic acids is 2. The molecule has 1 N–H and O–H groups in total. The molecule has 122 valence electrons. The molecule has 1 unspecified atom stereocenters. The lowest BCUT2D eigenvalue weighted by Crippen LogP contribution is -2.15. The number of hydrogen-bond donors (Lipinski definition) is 1. The van der Waals surface area contributed by atoms with Crippen LogP contribution in [0.5, 0.6) is 0 Å². The zero-order chi connectivity index (χ0) is 16.7. The molecule has 1 saturated carbocycles. The summed E-state index contributed by atoms with van der Waals surface area (Å²) < 4.78 is 5.59. The van der Waals surface area contributed by atoms with Gasteiger partial charge in [-0.2, -0.15) is 0 Å². The highest BCUT2D eigenvalue weighted by Gasteiger charge is 2.30. The van der Waals surface area contributed by atoms with Crippen LogP contribution in [0.2, 0.25) is 0 Å². The standard InChI is InChI=1S/C16H19N3O3S/c1-7-12(9(3)20)8(2)17-13(7)14(21)10(4)23-16-19-18-15(22-16)11-5-6-11/h10-11,17H,5-6H2,1-4H3. The minimum Gasteiger partial charge on any atom is -0.416 e. The highest BCUT2D eigenvalue weighted by atomic mass is 32.2. The van der Waals surface area contributed by atoms with Crippen molar-refractivity contribution in [1.82, 2.24) is 15.2 Å². The van der Waals surface area contributed by atoms with Gasteiger partial charge in [0.05, 0.1) is 10.9 Å². The van der Waals surface area contributed by atoms with Crippen molar-refractivity contribution in [2.24, 2.45) is 0 Å². The highest BCUT2D eigenvalue weighted by molar-refractivity contribution is 8.00. The first-order chi connectivity index (χ1) is 10.9. The van der Waals surface area contributed by atoms with Gasteiger partial charge in [0.15, 0.2) is 11.6 Å². The van der Waals surface area contributed by atoms with Crippen molar-refractivity contribution in [3.05, 3.63) is 28.4 Å². The van der Waals surface area contributed by atoms with Crippen LogP contribution in [0.4, 0.5) is 0 Å². The first-order valence-electron chi connectivity index (χ1n) is 7.62. The second kappa shape index (κ2) is 5.96. The lowest BCUT2D eigenvalue weighted by Gasteiger charge is -2.07. The molecule has 0 amide bonds. The van der Waals surface area contributed by atoms with Crippen molar-refractivity contribution in [3.63, 3.8) is 0 Å². The molecule has 0 bridgehead atoms. The smallest absolute Gasteiger partial charge is 0.277 e. The molecule has 1 aliphatic rings. The third kappa shape index (κ3) is 3.10. The van der Waals surface area contributed by atoms with E-state index in [-0.39, 0.29) is 16.8 Å². The molecule has 0 radical (unpaired) electrons. The van der Waals surface area contributed by atoms with Gasteiger partial charge in [-0.3, -0.25) is 9.59 Å². The van der Waals surface area contributed by atoms with E-state index in [1.165, 1.54) is 18.7 Å². The Morgan fingerprint density at radius 2 is 2.00 bits per heavy atom. The van der Waals surface area contributed by atoms with E-state index in [2.05, 4.69) is 15.2 Å². The Bertz CT molecular complexity index is 774. The highest BCUT2D eigenvalue weighted by Crippen LogP contribution is 2.40. The maximum atomic E-state index is 12.7. The van der Waals surface area contributed by atoms with Gasteiger partial charge in [0.25, 0.3) is 5.22 Å². The molecule has 0 aromatic carbocycles. The van der Waals surface area contributed by atoms with Crippen LogP contribution in [0, 0.1) is 13.8 Å². The van der Waals surface area contributed by atoms with E-state index in [0.29, 0.717) is 33.9 Å². The molecule has 6 nitrogen and oxygen atoms in total. The topological polar surface area (TPSA) is 88.9 Å². The van der Waals surface area contributed by atoms with Crippen LogP contribution < -0.4 is 0 Å². The summed E-state index contributed by atoms with van der Waals surface area (Å²) in [5.74, 6) is 0.947. The van der Waals surface area contributed by atoms with Gasteiger partial charge in [0.1, 0.15) is 0 Å². The van der Waals surface area contributed by atoms with E-state index in [4.69, 9.17) is 4.42 Å². The van der Waals surface area contributed by atoms with Crippen LogP contribution in [0.1, 0.15) is 70.6 Å². The van der Waals surface area contributed by atoms with Crippen molar-refractivity contribution >= 4 is 23.3 Å². The zero-order valence-corrected chi connectivity index (χ0v) is 14.4. The molecule has 0 aliphatic heterocycles. The normalized spacial score (nSPS) is 15.7. The van der Waals surface area contributed by atoms with E-state index in [0.717, 1.165) is 18.5 Å². The minimum absolute atomic E-state index is 0.0402. The number of H-pyrrole nitrogens is 1. The van der Waals surface area contributed by atoms with Gasteiger partial charge in [0, 0.05) is 17.2 Å². The molecule has 0 saturated heterocycles. The van der Waals surface area contributed by atoms with E-state index in [1.807, 2.05) is 0 Å². The maximum Gasteiger partial charge on any atom is 0.277 e. The Balaban J connectivity index is 1.76. The fraction of sp³-hybridized carbons (Fsp3) is 0.500. The molecule has 1 aliphatic carbocycles. The number of hydrogen-bond acceptors (Lipinski definition) is 6. The molecule has 1 fully saturated rings. The lowest BCUT2D eigenvalue weighted by molar-refractivity contribution is 0.0988. The van der Waals surface area contributed by atoms with Gasteiger partial charge in [-0.05, 0) is 46.1 Å². The average Bonchev–Trinajstić information content (AvgIpc) is 3.16. The van der Waals surface area contributed by atoms with E-state index in [9.17, 15) is 9.59 Å². The number of carbonyl (C=O) groups is 2. The van der Waals surface area contributed by atoms with Crippen LogP contribution in [0.3, 0.4) is 0 Å². The molecule has 2 aromatic heterocycles. The first-order valence-corrected chi connectivity index (χ1v) is 8.50. The molecule has 7 heteroatoms. The van der Waals surface area contributed by atoms with Crippen molar-refractivity contribution in [1.29, 1.82) is 0 Å². The number of aromatic amines is 1. The molecular formula is C16H19N3O3S. The Morgan fingerprint density at radius 3 is 2.57 bits per heavy atom. The molecular weight excluding hydrogens is 314 g/mol. The van der Waals surface area contributed by atoms with Crippen LogP contribution in [-0.2, 0) is 0 Å². The number of thioether (sulfide) groups is 1. The van der Waals surface area contributed by atoms with Gasteiger partial charge in [0.2, 0.25) is 5.89 Å². The number of ketones is 2. The number of aromatic nitrogens is 3. The van der Waals surface area contributed by atoms with E-state index >= 15 is 0 Å². The van der Waals surface area contributed by atoms with Crippen LogP contribution in [-0.4, -0.2) is 32.0 Å². The third-order valence-electron chi connectivity index (χ3n) is 4.03. The van der Waals surface area contributed by atoms with Gasteiger partial charge >= 0.3 is 0 Å². The van der Waals surface area contributed by atoms with Gasteiger partial charge in [-0.15, -0.1) is 10.2 Å². The molecule has 2 heterocycles. The summed E-state index contributed by atoms with van der Waals surface area (Å²) in [5, 5.41) is 8.06. The van der Waals surface area contributed by atoms with Gasteiger partial charge in [-0.25, -0.2) is 0 Å². The van der Waals surface area contributed by atoms with Crippen molar-refractivity contribution < 1.29 is 14.0 Å². The van der Waals surface area contributed by atoms with Gasteiger partial charge < -0.3 is 9.40 Å². The van der Waals surface area contributed by atoms with Crippen molar-refractivity contribution in [2.75, 3.05) is 0 Å². The average molecular weight is 333 g/mol. The Kier molecular flexibility index (Phi) is 4.14. The number of nitrogens with one attached hydrogen (secondary N) is 1. The second-order valence-electron chi connectivity index (χ2n) is 5.99. The fourth-order valence-corrected chi connectivity index (χ4v) is 3.44. The molecule has 2 aromatic rings. The number of nitrogens with zero attached hydrogens (tertiary/aromatic N) is 2. The second-order valence-corrected chi connectivity index (χ2v) is 7.28. The van der Waals surface area contributed by atoms with Crippen molar-refractivity contribution in [2.45, 2.75) is 56.9 Å². The van der Waals surface area contributed by atoms with Crippen molar-refractivity contribution in [3.8, 4) is 0 Å². The SMILES string of the molecule is CC(=O)c1c(C)[nH]c(C(=O)C(C)Sc2nnc(C3CC3)o2)c1C. The number of rotatable bonds is 6. The Labute approximate surface area is 138 Å². The summed E-state index contributed by atoms with van der Waals surface area (Å²) >= 11 is 1.25. The van der Waals surface area contributed by atoms with Crippen LogP contribution in [0.15, 0.2) is 9.64 Å². The van der Waals surface area contributed by atoms with E-state index in [1.54, 1.807) is 20.8 Å². The molecule has 3 rings (SSSR count). The minimum atomic E-state index is -0.376. The Hall–Kier alpha value is -1.89. The zero-order valence-electron chi connectivity index (χ0n) is 13.6. The van der Waals surface area contributed by atoms with E-state index < -0.39 is 0 Å². The van der Waals surface area contributed by atoms with Crippen LogP contribution in [0.25, 0.3) is 0 Å². The summed E-state index contributed by atoms with van der Waals surface area (Å²) in [6.45, 7) is 6.91. The summed E-state index contributed by atoms with van der Waals surface area (Å²) in [7, 11) is 0. The summed E-state index contributed by atoms with van der Waals surface area (Å²) in [6.07, 6.45) is 2.19. The third-order valence-corrected chi connectivity index (χ3v) is 4.97. The van der Waals surface area contributed by atoms with Gasteiger partial charge in [-0.1, -0.05) is 11.8 Å². The number of aryl methyl sites for hydroxylation is 1. The fourth-order valence-electron chi connectivity index (χ4n) is 2.70. The molecule has 0 spiro atoms. The quantitative estimate of drug-likeness (QED) is 0.643. The summed E-state index contributed by atoms with van der Waals surface area (Å²) in [5.41, 5.74) is 2.51. The Morgan fingerprint density at radius 1 is 1.30 bits per heavy atom. The summed E-state index contributed by atoms with van der Waals surface area (Å²) in [6, 6.07) is 0. The number of Topliss-reactive ketones (excluding diaryl/α,β-unsaturated/α-hetero) is 2. The van der Waals surface area contributed by atoms with Crippen LogP contribution >= 0.6 is 11.8 Å². The molecule has 23 heavy (non-hydrogen) atoms. The maximum absolute atomic E-state index is 12.7. The predicted molar refractivity (Wildman–Crippen MR) is 86.2 cm³/mol. The molecule has 1 atom stereocenters. The predicted octanol–water partition coefficient (Wildman–Crippen LogP) is 3.46. The largest absolute Gasteiger partial charge is 0.416 e. The first kappa shape index (κ1) is 16.0. The lowest BCUT2D eigenvalue weighted by atomic mass is 10.0. The summed E-state index contributed by atoms with van der Waals surface area (Å²) in [4.78, 5) is 27.4.